The molecule has 0 radical (unpaired) electrons. The second kappa shape index (κ2) is 7.40. The summed E-state index contributed by atoms with van der Waals surface area (Å²) >= 11 is 3.38. The third kappa shape index (κ3) is 4.19. The second-order valence-electron chi connectivity index (χ2n) is 6.01. The topological polar surface area (TPSA) is 64.0 Å². The smallest absolute Gasteiger partial charge is 0.262 e. The van der Waals surface area contributed by atoms with E-state index < -0.39 is 21.7 Å². The number of halogens is 3. The number of hydrogen-bond acceptors (Lipinski definition) is 3. The van der Waals surface area contributed by atoms with Crippen LogP contribution in [0.15, 0.2) is 51.8 Å². The Morgan fingerprint density at radius 3 is 2.37 bits per heavy atom. The molecule has 27 heavy (non-hydrogen) atoms. The van der Waals surface area contributed by atoms with Gasteiger partial charge in [-0.2, -0.15) is 5.10 Å². The molecule has 0 atom stereocenters. The van der Waals surface area contributed by atoms with Crippen molar-refractivity contribution >= 4 is 31.6 Å². The summed E-state index contributed by atoms with van der Waals surface area (Å²) < 4.78 is 56.6. The number of aromatic nitrogens is 2. The molecule has 0 aliphatic heterocycles. The summed E-state index contributed by atoms with van der Waals surface area (Å²) in [5.41, 5.74) is 2.41. The Morgan fingerprint density at radius 1 is 1.07 bits per heavy atom. The molecule has 9 heteroatoms. The zero-order valence-electron chi connectivity index (χ0n) is 14.5. The van der Waals surface area contributed by atoms with Crippen molar-refractivity contribution in [3.05, 3.63) is 75.5 Å². The third-order valence-electron chi connectivity index (χ3n) is 4.06. The molecule has 0 aliphatic rings. The summed E-state index contributed by atoms with van der Waals surface area (Å²) in [5, 5.41) is 4.38. The largest absolute Gasteiger partial charge is 0.276 e. The average Bonchev–Trinajstić information content (AvgIpc) is 2.86. The van der Waals surface area contributed by atoms with Gasteiger partial charge in [0.05, 0.1) is 28.5 Å². The fourth-order valence-electron chi connectivity index (χ4n) is 2.60. The lowest BCUT2D eigenvalue weighted by atomic mass is 10.2. The number of rotatable bonds is 5. The highest BCUT2D eigenvalue weighted by Crippen LogP contribution is 2.25. The van der Waals surface area contributed by atoms with E-state index in [0.29, 0.717) is 29.7 Å². The molecule has 0 amide bonds. The number of aryl methyl sites for hydroxylation is 1. The first-order chi connectivity index (χ1) is 12.7. The normalized spacial score (nSPS) is 11.6. The van der Waals surface area contributed by atoms with E-state index in [1.165, 1.54) is 0 Å². The summed E-state index contributed by atoms with van der Waals surface area (Å²) in [4.78, 5) is -0.360. The van der Waals surface area contributed by atoms with Gasteiger partial charge in [0.1, 0.15) is 0 Å². The van der Waals surface area contributed by atoms with E-state index in [1.54, 1.807) is 18.5 Å². The molecule has 0 saturated carbocycles. The number of hydrogen-bond donors (Lipinski definition) is 1. The molecular weight excluding hydrogens is 440 g/mol. The lowest BCUT2D eigenvalue weighted by Crippen LogP contribution is -2.14. The van der Waals surface area contributed by atoms with Crippen molar-refractivity contribution < 1.29 is 17.2 Å². The number of sulfonamides is 1. The molecule has 0 spiro atoms. The van der Waals surface area contributed by atoms with Crippen LogP contribution in [-0.2, 0) is 16.6 Å². The Labute approximate surface area is 164 Å². The number of benzene rings is 2. The molecule has 0 fully saturated rings. The predicted octanol–water partition coefficient (Wildman–Crippen LogP) is 4.39. The van der Waals surface area contributed by atoms with Gasteiger partial charge in [0.15, 0.2) is 11.6 Å². The molecular formula is C18H16BrF2N3O2S. The van der Waals surface area contributed by atoms with Gasteiger partial charge in [-0.05, 0) is 49.7 Å². The first-order valence-electron chi connectivity index (χ1n) is 7.93. The van der Waals surface area contributed by atoms with Crippen LogP contribution in [0.2, 0.25) is 0 Å². The van der Waals surface area contributed by atoms with Crippen LogP contribution in [0.1, 0.15) is 17.0 Å². The van der Waals surface area contributed by atoms with Gasteiger partial charge in [-0.1, -0.05) is 28.1 Å². The first-order valence-corrected chi connectivity index (χ1v) is 10.2. The summed E-state index contributed by atoms with van der Waals surface area (Å²) in [6.45, 7) is 3.88. The average molecular weight is 456 g/mol. The van der Waals surface area contributed by atoms with E-state index in [2.05, 4.69) is 25.8 Å². The Hall–Kier alpha value is -2.26. The molecule has 1 heterocycles. The number of nitrogens with one attached hydrogen (secondary N) is 1. The Bertz CT molecular complexity index is 1100. The highest BCUT2D eigenvalue weighted by molar-refractivity contribution is 9.10. The van der Waals surface area contributed by atoms with Crippen molar-refractivity contribution in [2.45, 2.75) is 25.3 Å². The zero-order valence-corrected chi connectivity index (χ0v) is 16.9. The highest BCUT2D eigenvalue weighted by atomic mass is 79.9. The van der Waals surface area contributed by atoms with E-state index in [4.69, 9.17) is 0 Å². The summed E-state index contributed by atoms with van der Waals surface area (Å²) in [5.74, 6) is -2.33. The summed E-state index contributed by atoms with van der Waals surface area (Å²) in [7, 11) is -4.08. The van der Waals surface area contributed by atoms with Crippen molar-refractivity contribution in [2.75, 3.05) is 4.72 Å². The van der Waals surface area contributed by atoms with Crippen molar-refractivity contribution in [1.29, 1.82) is 0 Å². The van der Waals surface area contributed by atoms with Crippen LogP contribution in [0.3, 0.4) is 0 Å². The van der Waals surface area contributed by atoms with Crippen LogP contribution in [0.4, 0.5) is 14.5 Å². The van der Waals surface area contributed by atoms with E-state index >= 15 is 0 Å². The molecule has 2 aromatic carbocycles. The molecule has 0 bridgehead atoms. The molecule has 0 unspecified atom stereocenters. The lowest BCUT2D eigenvalue weighted by molar-refractivity contribution is 0.504. The standard InChI is InChI=1S/C18H16BrF2N3O2S/c1-11-18(23-27(25,26)15-7-8-16(20)17(21)9-15)12(2)24(22-11)10-13-3-5-14(19)6-4-13/h3-9,23H,10H2,1-2H3. The molecule has 0 saturated heterocycles. The third-order valence-corrected chi connectivity index (χ3v) is 5.94. The van der Waals surface area contributed by atoms with Crippen molar-refractivity contribution in [3.63, 3.8) is 0 Å². The minimum absolute atomic E-state index is 0.317. The zero-order chi connectivity index (χ0) is 19.8. The molecule has 142 valence electrons. The van der Waals surface area contributed by atoms with E-state index in [9.17, 15) is 17.2 Å². The van der Waals surface area contributed by atoms with E-state index in [-0.39, 0.29) is 4.90 Å². The molecule has 1 N–H and O–H groups in total. The molecule has 0 aliphatic carbocycles. The van der Waals surface area contributed by atoms with Crippen LogP contribution in [0.5, 0.6) is 0 Å². The fourth-order valence-corrected chi connectivity index (χ4v) is 4.05. The maximum atomic E-state index is 13.4. The maximum absolute atomic E-state index is 13.4. The van der Waals surface area contributed by atoms with Gasteiger partial charge in [0.2, 0.25) is 0 Å². The van der Waals surface area contributed by atoms with Crippen LogP contribution in [-0.4, -0.2) is 18.2 Å². The number of nitrogens with zero attached hydrogens (tertiary/aromatic N) is 2. The van der Waals surface area contributed by atoms with Gasteiger partial charge in [0.25, 0.3) is 10.0 Å². The minimum atomic E-state index is -4.08. The van der Waals surface area contributed by atoms with Crippen LogP contribution in [0, 0.1) is 25.5 Å². The van der Waals surface area contributed by atoms with Crippen LogP contribution >= 0.6 is 15.9 Å². The predicted molar refractivity (Wildman–Crippen MR) is 102 cm³/mol. The Kier molecular flexibility index (Phi) is 5.34. The lowest BCUT2D eigenvalue weighted by Gasteiger charge is -2.10. The van der Waals surface area contributed by atoms with E-state index in [1.807, 2.05) is 24.3 Å². The molecule has 1 aromatic heterocycles. The Balaban J connectivity index is 1.89. The minimum Gasteiger partial charge on any atom is -0.276 e. The monoisotopic (exact) mass is 455 g/mol. The molecule has 3 aromatic rings. The fraction of sp³-hybridized carbons (Fsp3) is 0.167. The van der Waals surface area contributed by atoms with Crippen molar-refractivity contribution in [2.24, 2.45) is 0 Å². The van der Waals surface area contributed by atoms with Crippen molar-refractivity contribution in [3.8, 4) is 0 Å². The van der Waals surface area contributed by atoms with E-state index in [0.717, 1.165) is 22.2 Å². The van der Waals surface area contributed by atoms with Gasteiger partial charge in [-0.25, -0.2) is 17.2 Å². The second-order valence-corrected chi connectivity index (χ2v) is 8.61. The summed E-state index contributed by atoms with van der Waals surface area (Å²) in [6, 6.07) is 10.1. The first kappa shape index (κ1) is 19.5. The van der Waals surface area contributed by atoms with Crippen LogP contribution in [0.25, 0.3) is 0 Å². The maximum Gasteiger partial charge on any atom is 0.262 e. The quantitative estimate of drug-likeness (QED) is 0.620. The van der Waals surface area contributed by atoms with Gasteiger partial charge in [0, 0.05) is 4.47 Å². The Morgan fingerprint density at radius 2 is 1.74 bits per heavy atom. The molecule has 5 nitrogen and oxygen atoms in total. The van der Waals surface area contributed by atoms with Gasteiger partial charge >= 0.3 is 0 Å². The molecule has 3 rings (SSSR count). The van der Waals surface area contributed by atoms with Crippen LogP contribution < -0.4 is 4.72 Å². The van der Waals surface area contributed by atoms with Gasteiger partial charge in [-0.15, -0.1) is 0 Å². The SMILES string of the molecule is Cc1nn(Cc2ccc(Br)cc2)c(C)c1NS(=O)(=O)c1ccc(F)c(F)c1. The summed E-state index contributed by atoms with van der Waals surface area (Å²) in [6.07, 6.45) is 0. The van der Waals surface area contributed by atoms with Gasteiger partial charge < -0.3 is 0 Å². The highest BCUT2D eigenvalue weighted by Gasteiger charge is 2.21. The number of anilines is 1. The van der Waals surface area contributed by atoms with Gasteiger partial charge in [-0.3, -0.25) is 9.40 Å². The van der Waals surface area contributed by atoms with Crippen molar-refractivity contribution in [1.82, 2.24) is 9.78 Å².